The number of carbonyl (C=O) groups is 2. The van der Waals surface area contributed by atoms with Gasteiger partial charge in [0.25, 0.3) is 5.91 Å². The summed E-state index contributed by atoms with van der Waals surface area (Å²) in [5.74, 6) is -0.930. The van der Waals surface area contributed by atoms with Gasteiger partial charge in [0.15, 0.2) is 0 Å². The van der Waals surface area contributed by atoms with Crippen LogP contribution >= 0.6 is 15.9 Å². The number of benzene rings is 1. The largest absolute Gasteiger partial charge is 0.481 e. The van der Waals surface area contributed by atoms with E-state index in [-0.39, 0.29) is 17.7 Å². The SMILES string of the molecule is O=C(O)CC1(CNC(=O)c2cccc(Br)c2)CCCCC1. The van der Waals surface area contributed by atoms with Gasteiger partial charge in [-0.1, -0.05) is 41.3 Å². The molecule has 2 rings (SSSR count). The number of aliphatic carboxylic acids is 1. The average Bonchev–Trinajstić information content (AvgIpc) is 2.45. The standard InChI is InChI=1S/C16H20BrNO3/c17-13-6-4-5-12(9-13)15(21)18-11-16(10-14(19)20)7-2-1-3-8-16/h4-6,9H,1-3,7-8,10-11H2,(H,18,21)(H,19,20). The van der Waals surface area contributed by atoms with Gasteiger partial charge in [0, 0.05) is 16.6 Å². The number of carbonyl (C=O) groups excluding carboxylic acids is 1. The lowest BCUT2D eigenvalue weighted by molar-refractivity contribution is -0.140. The maximum Gasteiger partial charge on any atom is 0.303 e. The number of nitrogens with one attached hydrogen (secondary N) is 1. The van der Waals surface area contributed by atoms with Crippen LogP contribution in [0.25, 0.3) is 0 Å². The van der Waals surface area contributed by atoms with E-state index in [0.717, 1.165) is 36.6 Å². The number of hydrogen-bond donors (Lipinski definition) is 2. The lowest BCUT2D eigenvalue weighted by Gasteiger charge is -2.36. The van der Waals surface area contributed by atoms with Gasteiger partial charge >= 0.3 is 5.97 Å². The van der Waals surface area contributed by atoms with Crippen LogP contribution in [0, 0.1) is 5.41 Å². The van der Waals surface area contributed by atoms with Crippen molar-refractivity contribution in [3.63, 3.8) is 0 Å². The molecular weight excluding hydrogens is 334 g/mol. The van der Waals surface area contributed by atoms with Crippen LogP contribution in [0.2, 0.25) is 0 Å². The summed E-state index contributed by atoms with van der Waals surface area (Å²) in [4.78, 5) is 23.3. The Morgan fingerprint density at radius 1 is 1.24 bits per heavy atom. The van der Waals surface area contributed by atoms with E-state index in [1.54, 1.807) is 12.1 Å². The molecule has 1 amide bonds. The summed E-state index contributed by atoms with van der Waals surface area (Å²) in [5, 5.41) is 12.0. The zero-order valence-electron chi connectivity index (χ0n) is 11.9. The fourth-order valence-electron chi connectivity index (χ4n) is 3.04. The van der Waals surface area contributed by atoms with Gasteiger partial charge in [0.05, 0.1) is 6.42 Å². The molecule has 1 aromatic carbocycles. The van der Waals surface area contributed by atoms with Crippen LogP contribution in [0.3, 0.4) is 0 Å². The number of carboxylic acids is 1. The predicted octanol–water partition coefficient (Wildman–Crippen LogP) is 3.60. The summed E-state index contributed by atoms with van der Waals surface area (Å²) in [6, 6.07) is 7.20. The maximum absolute atomic E-state index is 12.2. The summed E-state index contributed by atoms with van der Waals surface area (Å²) in [7, 11) is 0. The van der Waals surface area contributed by atoms with E-state index in [4.69, 9.17) is 5.11 Å². The highest BCUT2D eigenvalue weighted by Gasteiger charge is 2.34. The molecule has 2 N–H and O–H groups in total. The highest BCUT2D eigenvalue weighted by Crippen LogP contribution is 2.38. The molecule has 0 aliphatic heterocycles. The third-order valence-corrected chi connectivity index (χ3v) is 4.64. The van der Waals surface area contributed by atoms with Gasteiger partial charge in [-0.2, -0.15) is 0 Å². The van der Waals surface area contributed by atoms with E-state index in [2.05, 4.69) is 21.2 Å². The molecule has 0 bridgehead atoms. The topological polar surface area (TPSA) is 66.4 Å². The molecule has 1 aromatic rings. The lowest BCUT2D eigenvalue weighted by Crippen LogP contribution is -2.40. The molecule has 4 nitrogen and oxygen atoms in total. The van der Waals surface area contributed by atoms with Crippen molar-refractivity contribution in [1.82, 2.24) is 5.32 Å². The second-order valence-corrected chi connectivity index (χ2v) is 6.74. The first-order valence-corrected chi connectivity index (χ1v) is 8.06. The smallest absolute Gasteiger partial charge is 0.303 e. The van der Waals surface area contributed by atoms with Crippen LogP contribution in [-0.4, -0.2) is 23.5 Å². The quantitative estimate of drug-likeness (QED) is 0.849. The van der Waals surface area contributed by atoms with E-state index in [1.807, 2.05) is 12.1 Å². The van der Waals surface area contributed by atoms with E-state index in [9.17, 15) is 9.59 Å². The summed E-state index contributed by atoms with van der Waals surface area (Å²) in [5.41, 5.74) is 0.303. The maximum atomic E-state index is 12.2. The monoisotopic (exact) mass is 353 g/mol. The van der Waals surface area contributed by atoms with Crippen LogP contribution in [0.1, 0.15) is 48.9 Å². The molecule has 0 atom stereocenters. The van der Waals surface area contributed by atoms with E-state index in [0.29, 0.717) is 12.1 Å². The van der Waals surface area contributed by atoms with Gasteiger partial charge in [-0.15, -0.1) is 0 Å². The Morgan fingerprint density at radius 2 is 1.95 bits per heavy atom. The van der Waals surface area contributed by atoms with E-state index in [1.165, 1.54) is 0 Å². The van der Waals surface area contributed by atoms with Crippen molar-refractivity contribution in [2.45, 2.75) is 38.5 Å². The Morgan fingerprint density at radius 3 is 2.57 bits per heavy atom. The van der Waals surface area contributed by atoms with Crippen LogP contribution in [0.4, 0.5) is 0 Å². The molecule has 0 heterocycles. The number of halogens is 1. The molecule has 1 aliphatic rings. The molecular formula is C16H20BrNO3. The summed E-state index contributed by atoms with van der Waals surface area (Å²) < 4.78 is 0.855. The Balaban J connectivity index is 2.01. The van der Waals surface area contributed by atoms with E-state index < -0.39 is 5.97 Å². The van der Waals surface area contributed by atoms with Crippen molar-refractivity contribution in [3.05, 3.63) is 34.3 Å². The van der Waals surface area contributed by atoms with Gasteiger partial charge in [-0.05, 0) is 36.5 Å². The first-order chi connectivity index (χ1) is 10.0. The molecule has 0 saturated heterocycles. The van der Waals surface area contributed by atoms with Gasteiger partial charge in [0.2, 0.25) is 0 Å². The molecule has 0 radical (unpaired) electrons. The molecule has 0 unspecified atom stereocenters. The van der Waals surface area contributed by atoms with Crippen LogP contribution in [0.15, 0.2) is 28.7 Å². The highest BCUT2D eigenvalue weighted by atomic mass is 79.9. The number of carboxylic acid groups (broad SMARTS) is 1. The third-order valence-electron chi connectivity index (χ3n) is 4.15. The van der Waals surface area contributed by atoms with E-state index >= 15 is 0 Å². The van der Waals surface area contributed by atoms with Crippen LogP contribution in [0.5, 0.6) is 0 Å². The first-order valence-electron chi connectivity index (χ1n) is 7.26. The number of rotatable bonds is 5. The van der Waals surface area contributed by atoms with Crippen molar-refractivity contribution >= 4 is 27.8 Å². The molecule has 0 aromatic heterocycles. The second kappa shape index (κ2) is 7.07. The van der Waals surface area contributed by atoms with Crippen molar-refractivity contribution < 1.29 is 14.7 Å². The Labute approximate surface area is 133 Å². The zero-order chi connectivity index (χ0) is 15.3. The summed E-state index contributed by atoms with van der Waals surface area (Å²) >= 11 is 3.34. The lowest BCUT2D eigenvalue weighted by atomic mass is 9.71. The van der Waals surface area contributed by atoms with Crippen molar-refractivity contribution in [1.29, 1.82) is 0 Å². The second-order valence-electron chi connectivity index (χ2n) is 5.82. The fourth-order valence-corrected chi connectivity index (χ4v) is 3.44. The third kappa shape index (κ3) is 4.56. The van der Waals surface area contributed by atoms with Crippen LogP contribution < -0.4 is 5.32 Å². The minimum atomic E-state index is -0.784. The normalized spacial score (nSPS) is 17.2. The zero-order valence-corrected chi connectivity index (χ0v) is 13.5. The summed E-state index contributed by atoms with van der Waals surface area (Å²) in [6.45, 7) is 0.435. The van der Waals surface area contributed by atoms with Gasteiger partial charge in [0.1, 0.15) is 0 Å². The highest BCUT2D eigenvalue weighted by molar-refractivity contribution is 9.10. The minimum Gasteiger partial charge on any atom is -0.481 e. The van der Waals surface area contributed by atoms with Crippen molar-refractivity contribution in [2.75, 3.05) is 6.54 Å². The molecule has 1 fully saturated rings. The Kier molecular flexibility index (Phi) is 5.39. The van der Waals surface area contributed by atoms with Crippen LogP contribution in [-0.2, 0) is 4.79 Å². The molecule has 5 heteroatoms. The van der Waals surface area contributed by atoms with Crippen molar-refractivity contribution in [3.8, 4) is 0 Å². The molecule has 114 valence electrons. The van der Waals surface area contributed by atoms with Gasteiger partial charge in [-0.3, -0.25) is 9.59 Å². The molecule has 21 heavy (non-hydrogen) atoms. The molecule has 1 saturated carbocycles. The van der Waals surface area contributed by atoms with Gasteiger partial charge in [-0.25, -0.2) is 0 Å². The first kappa shape index (κ1) is 16.0. The Bertz CT molecular complexity index is 524. The van der Waals surface area contributed by atoms with Gasteiger partial charge < -0.3 is 10.4 Å². The number of amides is 1. The fraction of sp³-hybridized carbons (Fsp3) is 0.500. The van der Waals surface area contributed by atoms with Crippen molar-refractivity contribution in [2.24, 2.45) is 5.41 Å². The predicted molar refractivity (Wildman–Crippen MR) is 84.2 cm³/mol. The number of hydrogen-bond acceptors (Lipinski definition) is 2. The Hall–Kier alpha value is -1.36. The average molecular weight is 354 g/mol. The summed E-state index contributed by atoms with van der Waals surface area (Å²) in [6.07, 6.45) is 5.11. The minimum absolute atomic E-state index is 0.131. The molecule has 1 aliphatic carbocycles. The molecule has 0 spiro atoms.